The first-order valence-electron chi connectivity index (χ1n) is 7.19. The molecule has 0 fully saturated rings. The Hall–Kier alpha value is -3.53. The monoisotopic (exact) mass is 319 g/mol. The molecule has 1 atom stereocenters. The molecule has 0 bridgehead atoms. The lowest BCUT2D eigenvalue weighted by atomic mass is 10.0. The van der Waals surface area contributed by atoms with Crippen molar-refractivity contribution in [2.45, 2.75) is 12.8 Å². The molecular weight excluding hydrogens is 306 g/mol. The van der Waals surface area contributed by atoms with Crippen LogP contribution in [0.3, 0.4) is 0 Å². The normalized spacial score (nSPS) is 11.7. The van der Waals surface area contributed by atoms with E-state index in [0.29, 0.717) is 17.3 Å². The number of carboxylic acid groups (broad SMARTS) is 1. The second-order valence-corrected chi connectivity index (χ2v) is 5.13. The average molecular weight is 319 g/mol. The quantitative estimate of drug-likeness (QED) is 0.747. The van der Waals surface area contributed by atoms with Gasteiger partial charge in [0, 0.05) is 12.1 Å². The van der Waals surface area contributed by atoms with Crippen molar-refractivity contribution in [3.05, 3.63) is 77.2 Å². The molecule has 24 heavy (non-hydrogen) atoms. The van der Waals surface area contributed by atoms with Crippen molar-refractivity contribution in [1.29, 1.82) is 0 Å². The maximum atomic E-state index is 11.1. The number of rotatable bonds is 4. The maximum absolute atomic E-state index is 11.1. The highest BCUT2D eigenvalue weighted by Crippen LogP contribution is 2.22. The molecule has 1 unspecified atom stereocenters. The Morgan fingerprint density at radius 2 is 1.88 bits per heavy atom. The van der Waals surface area contributed by atoms with Crippen molar-refractivity contribution in [3.63, 3.8) is 0 Å². The molecule has 0 saturated carbocycles. The maximum Gasteiger partial charge on any atom is 0.354 e. The molecule has 0 aliphatic carbocycles. The summed E-state index contributed by atoms with van der Waals surface area (Å²) in [6, 6.07) is 12.0. The number of aromatic nitrogens is 4. The van der Waals surface area contributed by atoms with Crippen LogP contribution in [0.25, 0.3) is 10.7 Å². The molecule has 3 heterocycles. The minimum atomic E-state index is -1.06. The zero-order valence-corrected chi connectivity index (χ0v) is 12.8. The first kappa shape index (κ1) is 15.4. The van der Waals surface area contributed by atoms with Crippen molar-refractivity contribution < 1.29 is 9.90 Å². The molecular formula is C17H13N5O2. The van der Waals surface area contributed by atoms with Gasteiger partial charge in [-0.1, -0.05) is 25.6 Å². The lowest BCUT2D eigenvalue weighted by Gasteiger charge is -2.12. The summed E-state index contributed by atoms with van der Waals surface area (Å²) in [4.78, 5) is 23.1. The molecule has 7 nitrogen and oxygen atoms in total. The van der Waals surface area contributed by atoms with Crippen molar-refractivity contribution >= 4 is 11.8 Å². The molecule has 3 aromatic heterocycles. The Bertz CT molecular complexity index is 942. The van der Waals surface area contributed by atoms with Gasteiger partial charge in [-0.25, -0.2) is 14.8 Å². The number of pyridine rings is 2. The molecule has 0 aromatic carbocycles. The van der Waals surface area contributed by atoms with Crippen LogP contribution in [0.4, 0.5) is 5.82 Å². The van der Waals surface area contributed by atoms with E-state index in [4.69, 9.17) is 11.7 Å². The average Bonchev–Trinajstić information content (AvgIpc) is 3.10. The van der Waals surface area contributed by atoms with Crippen molar-refractivity contribution in [2.75, 3.05) is 0 Å². The van der Waals surface area contributed by atoms with Gasteiger partial charge in [-0.3, -0.25) is 0 Å². The smallest absolute Gasteiger partial charge is 0.354 e. The van der Waals surface area contributed by atoms with Gasteiger partial charge < -0.3 is 9.95 Å². The standard InChI is InChI=1S/C17H13N5O2/c1-11(12-5-3-7-14(19-12)17(23)24)13-6-4-8-16(20-13)22-10-9-15(18-2)21-22/h3-11H,1H3,(H,23,24). The summed E-state index contributed by atoms with van der Waals surface area (Å²) in [7, 11) is 0. The van der Waals surface area contributed by atoms with Crippen LogP contribution in [-0.4, -0.2) is 30.8 Å². The first-order valence-corrected chi connectivity index (χ1v) is 7.19. The second kappa shape index (κ2) is 6.30. The van der Waals surface area contributed by atoms with E-state index in [-0.39, 0.29) is 11.6 Å². The largest absolute Gasteiger partial charge is 0.477 e. The summed E-state index contributed by atoms with van der Waals surface area (Å²) in [5, 5.41) is 13.2. The van der Waals surface area contributed by atoms with Crippen molar-refractivity contribution in [1.82, 2.24) is 19.7 Å². The van der Waals surface area contributed by atoms with E-state index in [9.17, 15) is 4.79 Å². The second-order valence-electron chi connectivity index (χ2n) is 5.13. The van der Waals surface area contributed by atoms with Gasteiger partial charge in [0.05, 0.1) is 11.4 Å². The summed E-state index contributed by atoms with van der Waals surface area (Å²) in [6.07, 6.45) is 1.67. The summed E-state index contributed by atoms with van der Waals surface area (Å²) >= 11 is 0. The van der Waals surface area contributed by atoms with Crippen LogP contribution in [0, 0.1) is 6.57 Å². The van der Waals surface area contributed by atoms with Crippen molar-refractivity contribution in [3.8, 4) is 5.82 Å². The molecule has 7 heteroatoms. The Morgan fingerprint density at radius 1 is 1.17 bits per heavy atom. The zero-order valence-electron chi connectivity index (χ0n) is 12.8. The van der Waals surface area contributed by atoms with Crippen LogP contribution in [0.5, 0.6) is 0 Å². The van der Waals surface area contributed by atoms with Gasteiger partial charge in [0.2, 0.25) is 0 Å². The van der Waals surface area contributed by atoms with Gasteiger partial charge in [-0.15, -0.1) is 4.68 Å². The molecule has 0 amide bonds. The predicted molar refractivity (Wildman–Crippen MR) is 86.3 cm³/mol. The van der Waals surface area contributed by atoms with Crippen LogP contribution < -0.4 is 0 Å². The number of carbonyl (C=O) groups is 1. The van der Waals surface area contributed by atoms with E-state index in [2.05, 4.69) is 19.9 Å². The SMILES string of the molecule is [C-]#[N+]c1ccn(-c2cccc(C(C)c3cccc(C(=O)O)n3)n2)n1. The third-order valence-corrected chi connectivity index (χ3v) is 3.56. The van der Waals surface area contributed by atoms with E-state index in [1.54, 1.807) is 30.5 Å². The van der Waals surface area contributed by atoms with Gasteiger partial charge in [0.1, 0.15) is 5.69 Å². The van der Waals surface area contributed by atoms with Crippen molar-refractivity contribution in [2.24, 2.45) is 0 Å². The molecule has 0 aliphatic heterocycles. The van der Waals surface area contributed by atoms with Crippen LogP contribution in [0.15, 0.2) is 48.7 Å². The van der Waals surface area contributed by atoms with E-state index >= 15 is 0 Å². The Kier molecular flexibility index (Phi) is 4.03. The highest BCUT2D eigenvalue weighted by molar-refractivity contribution is 5.85. The Balaban J connectivity index is 1.95. The minimum Gasteiger partial charge on any atom is -0.477 e. The third-order valence-electron chi connectivity index (χ3n) is 3.56. The summed E-state index contributed by atoms with van der Waals surface area (Å²) in [5.41, 5.74) is 1.37. The number of hydrogen-bond acceptors (Lipinski definition) is 4. The molecule has 3 aromatic rings. The van der Waals surface area contributed by atoms with E-state index in [0.717, 1.165) is 5.69 Å². The van der Waals surface area contributed by atoms with E-state index < -0.39 is 5.97 Å². The predicted octanol–water partition coefficient (Wildman–Crippen LogP) is 3.06. The lowest BCUT2D eigenvalue weighted by molar-refractivity contribution is 0.0690. The fourth-order valence-corrected chi connectivity index (χ4v) is 2.27. The van der Waals surface area contributed by atoms with Gasteiger partial charge in [0.15, 0.2) is 5.82 Å². The zero-order chi connectivity index (χ0) is 17.1. The molecule has 118 valence electrons. The number of aromatic carboxylic acids is 1. The first-order chi connectivity index (χ1) is 11.6. The van der Waals surface area contributed by atoms with Gasteiger partial charge in [-0.2, -0.15) is 0 Å². The van der Waals surface area contributed by atoms with Gasteiger partial charge in [0.25, 0.3) is 5.82 Å². The van der Waals surface area contributed by atoms with Crippen LogP contribution in [-0.2, 0) is 0 Å². The number of carboxylic acids is 1. The van der Waals surface area contributed by atoms with Crippen LogP contribution >= 0.6 is 0 Å². The fraction of sp³-hybridized carbons (Fsp3) is 0.118. The summed E-state index contributed by atoms with van der Waals surface area (Å²) in [5.74, 6) is -0.358. The third kappa shape index (κ3) is 2.98. The van der Waals surface area contributed by atoms with Gasteiger partial charge in [-0.05, 0) is 35.4 Å². The lowest BCUT2D eigenvalue weighted by Crippen LogP contribution is -2.08. The summed E-state index contributed by atoms with van der Waals surface area (Å²) < 4.78 is 1.53. The molecule has 0 radical (unpaired) electrons. The highest BCUT2D eigenvalue weighted by Gasteiger charge is 2.15. The Labute approximate surface area is 138 Å². The van der Waals surface area contributed by atoms with Gasteiger partial charge >= 0.3 is 5.97 Å². The molecule has 0 aliphatic rings. The molecule has 0 saturated heterocycles. The number of hydrogen-bond donors (Lipinski definition) is 1. The topological polar surface area (TPSA) is 85.3 Å². The number of nitrogens with zero attached hydrogens (tertiary/aromatic N) is 5. The fourth-order valence-electron chi connectivity index (χ4n) is 2.27. The summed E-state index contributed by atoms with van der Waals surface area (Å²) in [6.45, 7) is 8.88. The molecule has 1 N–H and O–H groups in total. The molecule has 0 spiro atoms. The molecule has 3 rings (SSSR count). The van der Waals surface area contributed by atoms with Crippen LogP contribution in [0.1, 0.15) is 34.7 Å². The van der Waals surface area contributed by atoms with E-state index in [1.807, 2.05) is 19.1 Å². The van der Waals surface area contributed by atoms with Crippen LogP contribution in [0.2, 0.25) is 0 Å². The Morgan fingerprint density at radius 3 is 2.54 bits per heavy atom. The van der Waals surface area contributed by atoms with E-state index in [1.165, 1.54) is 10.7 Å². The minimum absolute atomic E-state index is 0.00396. The highest BCUT2D eigenvalue weighted by atomic mass is 16.4.